The topological polar surface area (TPSA) is 63.5 Å². The third kappa shape index (κ3) is 7.95. The van der Waals surface area contributed by atoms with E-state index in [1.807, 2.05) is 6.20 Å². The van der Waals surface area contributed by atoms with Crippen LogP contribution in [0, 0.1) is 5.92 Å². The molecule has 2 aromatic rings. The Morgan fingerprint density at radius 3 is 2.54 bits per heavy atom. The number of ether oxygens (including phenoxy) is 1. The SMILES string of the molecule is CN=C(NCc1ccccc1OC(F)(F)F)NCc1nccn1CC(C)C.I. The van der Waals surface area contributed by atoms with Crippen LogP contribution in [0.3, 0.4) is 0 Å². The van der Waals surface area contributed by atoms with Crippen molar-refractivity contribution in [3.63, 3.8) is 0 Å². The Hall–Kier alpha value is -1.98. The van der Waals surface area contributed by atoms with Crippen molar-refractivity contribution in [2.24, 2.45) is 10.9 Å². The summed E-state index contributed by atoms with van der Waals surface area (Å²) in [5.41, 5.74) is 0.374. The van der Waals surface area contributed by atoms with Gasteiger partial charge in [0.25, 0.3) is 0 Å². The highest BCUT2D eigenvalue weighted by atomic mass is 127. The van der Waals surface area contributed by atoms with Gasteiger partial charge in [-0.1, -0.05) is 32.0 Å². The largest absolute Gasteiger partial charge is 0.573 e. The minimum atomic E-state index is -4.73. The molecule has 2 N–H and O–H groups in total. The Balaban J connectivity index is 0.00000392. The van der Waals surface area contributed by atoms with Crippen LogP contribution in [0.25, 0.3) is 0 Å². The van der Waals surface area contributed by atoms with Crippen LogP contribution in [0.15, 0.2) is 41.7 Å². The molecule has 0 saturated carbocycles. The van der Waals surface area contributed by atoms with E-state index < -0.39 is 6.36 Å². The molecule has 0 unspecified atom stereocenters. The lowest BCUT2D eigenvalue weighted by Crippen LogP contribution is -2.37. The van der Waals surface area contributed by atoms with Gasteiger partial charge in [0.15, 0.2) is 5.96 Å². The van der Waals surface area contributed by atoms with Crippen LogP contribution in [0.4, 0.5) is 13.2 Å². The van der Waals surface area contributed by atoms with Crippen LogP contribution >= 0.6 is 24.0 Å². The van der Waals surface area contributed by atoms with Gasteiger partial charge < -0.3 is 19.9 Å². The Kier molecular flexibility index (Phi) is 9.56. The number of alkyl halides is 3. The molecule has 1 aromatic carbocycles. The summed E-state index contributed by atoms with van der Waals surface area (Å²) in [5.74, 6) is 1.56. The first-order valence-electron chi connectivity index (χ1n) is 8.56. The van der Waals surface area contributed by atoms with Crippen molar-refractivity contribution in [3.05, 3.63) is 48.0 Å². The van der Waals surface area contributed by atoms with E-state index in [4.69, 9.17) is 0 Å². The number of imidazole rings is 1. The van der Waals surface area contributed by atoms with Crippen LogP contribution in [0.5, 0.6) is 5.75 Å². The normalized spacial score (nSPS) is 11.9. The maximum Gasteiger partial charge on any atom is 0.573 e. The summed E-state index contributed by atoms with van der Waals surface area (Å²) in [6.07, 6.45) is -1.08. The molecule has 0 aliphatic carbocycles. The second kappa shape index (κ2) is 11.1. The monoisotopic (exact) mass is 511 g/mol. The Labute approximate surface area is 179 Å². The minimum absolute atomic E-state index is 0. The van der Waals surface area contributed by atoms with Crippen LogP contribution in [-0.2, 0) is 19.6 Å². The molecule has 0 spiro atoms. The molecule has 10 heteroatoms. The van der Waals surface area contributed by atoms with Crippen LogP contribution in [0.1, 0.15) is 25.2 Å². The summed E-state index contributed by atoms with van der Waals surface area (Å²) < 4.78 is 43.6. The second-order valence-corrected chi connectivity index (χ2v) is 6.32. The third-order valence-corrected chi connectivity index (χ3v) is 3.65. The van der Waals surface area contributed by atoms with Crippen LogP contribution < -0.4 is 15.4 Å². The number of hydrogen-bond acceptors (Lipinski definition) is 3. The number of rotatable bonds is 7. The molecule has 28 heavy (non-hydrogen) atoms. The lowest BCUT2D eigenvalue weighted by molar-refractivity contribution is -0.274. The van der Waals surface area contributed by atoms with Crippen molar-refractivity contribution in [2.75, 3.05) is 7.05 Å². The maximum atomic E-state index is 12.5. The average Bonchev–Trinajstić information content (AvgIpc) is 3.01. The van der Waals surface area contributed by atoms with Gasteiger partial charge in [-0.05, 0) is 12.0 Å². The van der Waals surface area contributed by atoms with Gasteiger partial charge in [-0.25, -0.2) is 4.98 Å². The fraction of sp³-hybridized carbons (Fsp3) is 0.444. The summed E-state index contributed by atoms with van der Waals surface area (Å²) in [6.45, 7) is 5.67. The smallest absolute Gasteiger partial charge is 0.405 e. The molecule has 0 aliphatic heterocycles. The highest BCUT2D eigenvalue weighted by Gasteiger charge is 2.31. The number of aliphatic imine (C=N–C) groups is 1. The fourth-order valence-corrected chi connectivity index (χ4v) is 2.50. The molecule has 0 aliphatic rings. The predicted octanol–water partition coefficient (Wildman–Crippen LogP) is 3.92. The number of nitrogens with zero attached hydrogens (tertiary/aromatic N) is 3. The van der Waals surface area contributed by atoms with Crippen molar-refractivity contribution in [3.8, 4) is 5.75 Å². The van der Waals surface area contributed by atoms with Crippen molar-refractivity contribution in [1.82, 2.24) is 20.2 Å². The number of guanidine groups is 1. The van der Waals surface area contributed by atoms with E-state index in [2.05, 4.69) is 43.8 Å². The zero-order chi connectivity index (χ0) is 19.9. The lowest BCUT2D eigenvalue weighted by Gasteiger charge is -2.16. The van der Waals surface area contributed by atoms with E-state index in [9.17, 15) is 13.2 Å². The van der Waals surface area contributed by atoms with E-state index in [-0.39, 0.29) is 36.3 Å². The molecule has 156 valence electrons. The summed E-state index contributed by atoms with van der Waals surface area (Å²) in [4.78, 5) is 8.41. The van der Waals surface area contributed by atoms with Gasteiger partial charge in [0.05, 0.1) is 6.54 Å². The molecule has 1 heterocycles. The molecule has 0 atom stereocenters. The van der Waals surface area contributed by atoms with Crippen molar-refractivity contribution >= 4 is 29.9 Å². The molecular weight excluding hydrogens is 486 g/mol. The molecule has 0 fully saturated rings. The van der Waals surface area contributed by atoms with Gasteiger partial charge in [-0.3, -0.25) is 4.99 Å². The Bertz CT molecular complexity index is 762. The van der Waals surface area contributed by atoms with Crippen molar-refractivity contribution in [1.29, 1.82) is 0 Å². The highest BCUT2D eigenvalue weighted by molar-refractivity contribution is 14.0. The molecule has 0 bridgehead atoms. The number of halogens is 4. The van der Waals surface area contributed by atoms with E-state index in [1.54, 1.807) is 25.4 Å². The van der Waals surface area contributed by atoms with Crippen molar-refractivity contribution in [2.45, 2.75) is 39.8 Å². The second-order valence-electron chi connectivity index (χ2n) is 6.32. The number of benzene rings is 1. The quantitative estimate of drug-likeness (QED) is 0.336. The van der Waals surface area contributed by atoms with Gasteiger partial charge in [0.2, 0.25) is 0 Å². The first-order valence-corrected chi connectivity index (χ1v) is 8.56. The van der Waals surface area contributed by atoms with Gasteiger partial charge >= 0.3 is 6.36 Å². The maximum absolute atomic E-state index is 12.5. The van der Waals surface area contributed by atoms with Gasteiger partial charge in [-0.15, -0.1) is 37.1 Å². The number of nitrogens with one attached hydrogen (secondary N) is 2. The van der Waals surface area contributed by atoms with Crippen molar-refractivity contribution < 1.29 is 17.9 Å². The predicted molar refractivity (Wildman–Crippen MR) is 113 cm³/mol. The molecule has 6 nitrogen and oxygen atoms in total. The molecule has 2 rings (SSSR count). The Morgan fingerprint density at radius 1 is 1.21 bits per heavy atom. The molecular formula is C18H25F3IN5O. The fourth-order valence-electron chi connectivity index (χ4n) is 2.50. The summed E-state index contributed by atoms with van der Waals surface area (Å²) in [6, 6.07) is 5.99. The molecule has 1 aromatic heterocycles. The summed E-state index contributed by atoms with van der Waals surface area (Å²) in [7, 11) is 1.59. The van der Waals surface area contributed by atoms with Gasteiger partial charge in [-0.2, -0.15) is 0 Å². The van der Waals surface area contributed by atoms with E-state index in [0.717, 1.165) is 12.4 Å². The number of aromatic nitrogens is 2. The summed E-state index contributed by atoms with van der Waals surface area (Å²) in [5, 5.41) is 6.11. The number of hydrogen-bond donors (Lipinski definition) is 2. The zero-order valence-corrected chi connectivity index (χ0v) is 18.3. The van der Waals surface area contributed by atoms with Gasteiger partial charge in [0, 0.05) is 38.1 Å². The first-order chi connectivity index (χ1) is 12.8. The molecule has 0 amide bonds. The minimum Gasteiger partial charge on any atom is -0.405 e. The first kappa shape index (κ1) is 24.1. The van der Waals surface area contributed by atoms with Gasteiger partial charge in [0.1, 0.15) is 11.6 Å². The molecule has 0 radical (unpaired) electrons. The molecule has 0 saturated heterocycles. The Morgan fingerprint density at radius 2 is 1.89 bits per heavy atom. The zero-order valence-electron chi connectivity index (χ0n) is 16.0. The van der Waals surface area contributed by atoms with Crippen LogP contribution in [-0.4, -0.2) is 28.9 Å². The van der Waals surface area contributed by atoms with E-state index >= 15 is 0 Å². The van der Waals surface area contributed by atoms with E-state index in [0.29, 0.717) is 24.0 Å². The standard InChI is InChI=1S/C18H24F3N5O.HI/c1-13(2)12-26-9-8-23-16(26)11-25-17(22-3)24-10-14-6-4-5-7-15(14)27-18(19,20)21;/h4-9,13H,10-12H2,1-3H3,(H2,22,24,25);1H. The summed E-state index contributed by atoms with van der Waals surface area (Å²) >= 11 is 0. The third-order valence-electron chi connectivity index (χ3n) is 3.65. The highest BCUT2D eigenvalue weighted by Crippen LogP contribution is 2.26. The average molecular weight is 511 g/mol. The number of para-hydroxylation sites is 1. The lowest BCUT2D eigenvalue weighted by atomic mass is 10.2. The van der Waals surface area contributed by atoms with E-state index in [1.165, 1.54) is 12.1 Å². The van der Waals surface area contributed by atoms with Crippen LogP contribution in [0.2, 0.25) is 0 Å².